The van der Waals surface area contributed by atoms with Gasteiger partial charge in [-0.15, -0.1) is 0 Å². The van der Waals surface area contributed by atoms with Gasteiger partial charge in [0.25, 0.3) is 0 Å². The lowest BCUT2D eigenvalue weighted by Crippen LogP contribution is -2.08. The van der Waals surface area contributed by atoms with Crippen LogP contribution in [0.3, 0.4) is 0 Å². The molecule has 2 N–H and O–H groups in total. The van der Waals surface area contributed by atoms with E-state index in [-0.39, 0.29) is 9.79 Å². The predicted octanol–water partition coefficient (Wildman–Crippen LogP) is 2.48. The second kappa shape index (κ2) is 5.72. The molecule has 0 amide bonds. The molecule has 5 nitrogen and oxygen atoms in total. The van der Waals surface area contributed by atoms with Gasteiger partial charge in [0.1, 0.15) is 10.4 Å². The molecular weight excluding hydrogens is 322 g/mol. The summed E-state index contributed by atoms with van der Waals surface area (Å²) in [5.74, 6) is 0. The van der Waals surface area contributed by atoms with Gasteiger partial charge in [-0.1, -0.05) is 17.7 Å². The summed E-state index contributed by atoms with van der Waals surface area (Å²) in [4.78, 5) is 4.54. The highest BCUT2D eigenvalue weighted by Crippen LogP contribution is 2.29. The van der Waals surface area contributed by atoms with Crippen molar-refractivity contribution < 1.29 is 8.42 Å². The Balaban J connectivity index is 2.25. The molecule has 22 heavy (non-hydrogen) atoms. The number of benzene rings is 1. The zero-order chi connectivity index (χ0) is 15.7. The lowest BCUT2D eigenvalue weighted by Gasteiger charge is -2.03. The molecule has 0 saturated carbocycles. The van der Waals surface area contributed by atoms with Crippen molar-refractivity contribution in [1.82, 2.24) is 9.55 Å². The first kappa shape index (κ1) is 15.0. The Kier molecular flexibility index (Phi) is 3.90. The minimum absolute atomic E-state index is 0.150. The van der Waals surface area contributed by atoms with Gasteiger partial charge in [-0.2, -0.15) is 0 Å². The SMILES string of the molecule is NCCn1cc(S(=O)(=O)c2cccc(Cl)c2)c2ncccc21. The number of hydrogen-bond acceptors (Lipinski definition) is 4. The smallest absolute Gasteiger partial charge is 0.210 e. The zero-order valence-corrected chi connectivity index (χ0v) is 13.2. The Morgan fingerprint density at radius 1 is 1.23 bits per heavy atom. The van der Waals surface area contributed by atoms with Crippen LogP contribution in [0.1, 0.15) is 0 Å². The van der Waals surface area contributed by atoms with Crippen molar-refractivity contribution in [3.63, 3.8) is 0 Å². The molecule has 7 heteroatoms. The van der Waals surface area contributed by atoms with E-state index in [1.807, 2.05) is 6.07 Å². The summed E-state index contributed by atoms with van der Waals surface area (Å²) in [7, 11) is -3.69. The van der Waals surface area contributed by atoms with E-state index in [2.05, 4.69) is 4.98 Å². The third-order valence-electron chi connectivity index (χ3n) is 3.37. The van der Waals surface area contributed by atoms with E-state index in [9.17, 15) is 8.42 Å². The monoisotopic (exact) mass is 335 g/mol. The fraction of sp³-hybridized carbons (Fsp3) is 0.133. The fourth-order valence-electron chi connectivity index (χ4n) is 2.37. The summed E-state index contributed by atoms with van der Waals surface area (Å²) in [5, 5.41) is 0.375. The van der Waals surface area contributed by atoms with Gasteiger partial charge in [-0.25, -0.2) is 8.42 Å². The van der Waals surface area contributed by atoms with Crippen LogP contribution in [0, 0.1) is 0 Å². The highest BCUT2D eigenvalue weighted by molar-refractivity contribution is 7.91. The van der Waals surface area contributed by atoms with Crippen molar-refractivity contribution >= 4 is 32.5 Å². The van der Waals surface area contributed by atoms with E-state index in [4.69, 9.17) is 17.3 Å². The van der Waals surface area contributed by atoms with E-state index in [0.29, 0.717) is 23.6 Å². The minimum atomic E-state index is -3.69. The molecule has 0 fully saturated rings. The maximum absolute atomic E-state index is 12.9. The van der Waals surface area contributed by atoms with Crippen molar-refractivity contribution in [1.29, 1.82) is 0 Å². The lowest BCUT2D eigenvalue weighted by molar-refractivity contribution is 0.596. The van der Waals surface area contributed by atoms with E-state index in [1.165, 1.54) is 12.1 Å². The van der Waals surface area contributed by atoms with Crippen molar-refractivity contribution in [2.24, 2.45) is 5.73 Å². The number of hydrogen-bond donors (Lipinski definition) is 1. The first-order valence-corrected chi connectivity index (χ1v) is 8.55. The van der Waals surface area contributed by atoms with Crippen molar-refractivity contribution in [2.75, 3.05) is 6.54 Å². The molecule has 0 bridgehead atoms. The molecular formula is C15H14ClN3O2S. The number of halogens is 1. The Morgan fingerprint density at radius 2 is 2.05 bits per heavy atom. The highest BCUT2D eigenvalue weighted by Gasteiger charge is 2.24. The van der Waals surface area contributed by atoms with Crippen LogP contribution in [0.5, 0.6) is 0 Å². The largest absolute Gasteiger partial charge is 0.344 e. The number of fused-ring (bicyclic) bond motifs is 1. The fourth-order valence-corrected chi connectivity index (χ4v) is 4.10. The lowest BCUT2D eigenvalue weighted by atomic mass is 10.4. The Morgan fingerprint density at radius 3 is 2.77 bits per heavy atom. The average molecular weight is 336 g/mol. The maximum atomic E-state index is 12.9. The number of aromatic nitrogens is 2. The molecule has 0 saturated heterocycles. The molecule has 2 heterocycles. The van der Waals surface area contributed by atoms with E-state index >= 15 is 0 Å². The molecule has 0 aliphatic carbocycles. The molecule has 3 aromatic rings. The van der Waals surface area contributed by atoms with E-state index in [1.54, 1.807) is 35.2 Å². The van der Waals surface area contributed by atoms with Crippen LogP contribution in [-0.4, -0.2) is 24.5 Å². The zero-order valence-electron chi connectivity index (χ0n) is 11.6. The summed E-state index contributed by atoms with van der Waals surface area (Å²) >= 11 is 5.91. The number of rotatable bonds is 4. The Bertz CT molecular complexity index is 935. The van der Waals surface area contributed by atoms with Gasteiger partial charge >= 0.3 is 0 Å². The van der Waals surface area contributed by atoms with Gasteiger partial charge in [0.05, 0.1) is 10.4 Å². The minimum Gasteiger partial charge on any atom is -0.344 e. The normalized spacial score (nSPS) is 11.9. The molecule has 1 aromatic carbocycles. The van der Waals surface area contributed by atoms with Gasteiger partial charge in [0.15, 0.2) is 0 Å². The number of sulfone groups is 1. The Labute approximate surface area is 133 Å². The quantitative estimate of drug-likeness (QED) is 0.794. The van der Waals surface area contributed by atoms with Crippen LogP contribution in [-0.2, 0) is 16.4 Å². The van der Waals surface area contributed by atoms with Crippen LogP contribution in [0.2, 0.25) is 5.02 Å². The van der Waals surface area contributed by atoms with Gasteiger partial charge < -0.3 is 10.3 Å². The summed E-state index contributed by atoms with van der Waals surface area (Å²) in [6.07, 6.45) is 3.16. The van der Waals surface area contributed by atoms with Crippen molar-refractivity contribution in [3.8, 4) is 0 Å². The van der Waals surface area contributed by atoms with Crippen LogP contribution >= 0.6 is 11.6 Å². The molecule has 0 radical (unpaired) electrons. The van der Waals surface area contributed by atoms with Crippen LogP contribution < -0.4 is 5.73 Å². The number of nitrogens with two attached hydrogens (primary N) is 1. The molecule has 114 valence electrons. The first-order chi connectivity index (χ1) is 10.5. The van der Waals surface area contributed by atoms with Gasteiger partial charge in [0.2, 0.25) is 9.84 Å². The van der Waals surface area contributed by atoms with Gasteiger partial charge in [0, 0.05) is 30.5 Å². The predicted molar refractivity (Wildman–Crippen MR) is 85.7 cm³/mol. The molecule has 0 aliphatic heterocycles. The molecule has 3 rings (SSSR count). The first-order valence-electron chi connectivity index (χ1n) is 6.68. The molecule has 0 spiro atoms. The average Bonchev–Trinajstić information content (AvgIpc) is 2.88. The van der Waals surface area contributed by atoms with Crippen LogP contribution in [0.15, 0.2) is 58.6 Å². The second-order valence-corrected chi connectivity index (χ2v) is 7.16. The topological polar surface area (TPSA) is 78.0 Å². The number of pyridine rings is 1. The number of nitrogens with zero attached hydrogens (tertiary/aromatic N) is 2. The highest BCUT2D eigenvalue weighted by atomic mass is 35.5. The summed E-state index contributed by atoms with van der Waals surface area (Å²) in [6, 6.07) is 9.81. The van der Waals surface area contributed by atoms with Crippen molar-refractivity contribution in [2.45, 2.75) is 16.3 Å². The van der Waals surface area contributed by atoms with E-state index < -0.39 is 9.84 Å². The molecule has 2 aromatic heterocycles. The standard InChI is InChI=1S/C15H14ClN3O2S/c16-11-3-1-4-12(9-11)22(20,21)14-10-19(8-6-17)13-5-2-7-18-15(13)14/h1-5,7,9-10H,6,8,17H2. The summed E-state index contributed by atoms with van der Waals surface area (Å²) < 4.78 is 27.6. The third-order valence-corrected chi connectivity index (χ3v) is 5.36. The molecule has 0 aliphatic rings. The van der Waals surface area contributed by atoms with Gasteiger partial charge in [-0.3, -0.25) is 4.98 Å². The molecule has 0 atom stereocenters. The maximum Gasteiger partial charge on any atom is 0.210 e. The summed E-state index contributed by atoms with van der Waals surface area (Å²) in [6.45, 7) is 0.933. The van der Waals surface area contributed by atoms with Crippen molar-refractivity contribution in [3.05, 3.63) is 53.8 Å². The molecule has 0 unspecified atom stereocenters. The van der Waals surface area contributed by atoms with E-state index in [0.717, 1.165) is 5.52 Å². The van der Waals surface area contributed by atoms with Gasteiger partial charge in [-0.05, 0) is 30.3 Å². The summed E-state index contributed by atoms with van der Waals surface area (Å²) in [5.41, 5.74) is 6.78. The van der Waals surface area contributed by atoms with Crippen LogP contribution in [0.4, 0.5) is 0 Å². The second-order valence-electron chi connectivity index (χ2n) is 4.81. The third kappa shape index (κ3) is 2.49. The Hall–Kier alpha value is -1.89. The van der Waals surface area contributed by atoms with Crippen LogP contribution in [0.25, 0.3) is 11.0 Å².